The lowest BCUT2D eigenvalue weighted by atomic mass is 10.1. The van der Waals surface area contributed by atoms with Gasteiger partial charge in [-0.1, -0.05) is 13.0 Å². The normalized spacial score (nSPS) is 12.8. The number of halogens is 2. The summed E-state index contributed by atoms with van der Waals surface area (Å²) in [7, 11) is 1.78. The second-order valence-electron chi connectivity index (χ2n) is 3.17. The highest BCUT2D eigenvalue weighted by Gasteiger charge is 2.13. The van der Waals surface area contributed by atoms with E-state index < -0.39 is 11.6 Å². The van der Waals surface area contributed by atoms with E-state index in [2.05, 4.69) is 12.2 Å². The molecular formula is C11H15F2NS. The molecule has 1 unspecified atom stereocenters. The van der Waals surface area contributed by atoms with Crippen molar-refractivity contribution in [2.24, 2.45) is 0 Å². The van der Waals surface area contributed by atoms with E-state index in [-0.39, 0.29) is 6.04 Å². The SMILES string of the molecule is CCSCC(NC)c1ccc(F)cc1F. The summed E-state index contributed by atoms with van der Waals surface area (Å²) in [6.45, 7) is 2.05. The molecule has 0 aromatic heterocycles. The Bertz CT molecular complexity index is 317. The summed E-state index contributed by atoms with van der Waals surface area (Å²) in [5, 5.41) is 3.03. The van der Waals surface area contributed by atoms with Gasteiger partial charge in [0.05, 0.1) is 0 Å². The molecule has 0 saturated carbocycles. The van der Waals surface area contributed by atoms with Gasteiger partial charge in [0.25, 0.3) is 0 Å². The maximum absolute atomic E-state index is 13.4. The Hall–Kier alpha value is -0.610. The fraction of sp³-hybridized carbons (Fsp3) is 0.455. The zero-order valence-corrected chi connectivity index (χ0v) is 9.70. The molecule has 0 aliphatic rings. The average Bonchev–Trinajstić information content (AvgIpc) is 2.21. The van der Waals surface area contributed by atoms with Gasteiger partial charge in [-0.05, 0) is 18.9 Å². The molecular weight excluding hydrogens is 216 g/mol. The third-order valence-electron chi connectivity index (χ3n) is 2.18. The quantitative estimate of drug-likeness (QED) is 0.836. The lowest BCUT2D eigenvalue weighted by Gasteiger charge is -2.16. The Labute approximate surface area is 93.3 Å². The maximum Gasteiger partial charge on any atom is 0.130 e. The molecule has 0 heterocycles. The van der Waals surface area contributed by atoms with Crippen LogP contribution in [0.25, 0.3) is 0 Å². The van der Waals surface area contributed by atoms with E-state index in [1.807, 2.05) is 0 Å². The Kier molecular flexibility index (Phi) is 5.05. The summed E-state index contributed by atoms with van der Waals surface area (Å²) in [6.07, 6.45) is 0. The van der Waals surface area contributed by atoms with E-state index in [9.17, 15) is 8.78 Å². The predicted molar refractivity (Wildman–Crippen MR) is 61.2 cm³/mol. The number of rotatable bonds is 5. The van der Waals surface area contributed by atoms with Crippen molar-refractivity contribution in [3.63, 3.8) is 0 Å². The van der Waals surface area contributed by atoms with Gasteiger partial charge >= 0.3 is 0 Å². The maximum atomic E-state index is 13.4. The van der Waals surface area contributed by atoms with Gasteiger partial charge in [0, 0.05) is 23.4 Å². The van der Waals surface area contributed by atoms with Crippen LogP contribution in [-0.4, -0.2) is 18.6 Å². The third-order valence-corrected chi connectivity index (χ3v) is 3.15. The van der Waals surface area contributed by atoms with E-state index in [4.69, 9.17) is 0 Å². The lowest BCUT2D eigenvalue weighted by Crippen LogP contribution is -2.20. The molecule has 0 spiro atoms. The van der Waals surface area contributed by atoms with Crippen molar-refractivity contribution in [3.05, 3.63) is 35.4 Å². The summed E-state index contributed by atoms with van der Waals surface area (Å²) in [4.78, 5) is 0. The minimum absolute atomic E-state index is 0.0597. The van der Waals surface area contributed by atoms with Gasteiger partial charge in [-0.2, -0.15) is 11.8 Å². The molecule has 0 aliphatic carbocycles. The van der Waals surface area contributed by atoms with Gasteiger partial charge in [0.2, 0.25) is 0 Å². The summed E-state index contributed by atoms with van der Waals surface area (Å²) in [5.74, 6) is 0.761. The molecule has 0 fully saturated rings. The molecule has 15 heavy (non-hydrogen) atoms. The Morgan fingerprint density at radius 2 is 2.13 bits per heavy atom. The van der Waals surface area contributed by atoms with Gasteiger partial charge in [0.15, 0.2) is 0 Å². The van der Waals surface area contributed by atoms with Crippen molar-refractivity contribution in [2.75, 3.05) is 18.6 Å². The van der Waals surface area contributed by atoms with Gasteiger partial charge in [-0.3, -0.25) is 0 Å². The predicted octanol–water partition coefficient (Wildman–Crippen LogP) is 2.98. The van der Waals surface area contributed by atoms with E-state index in [0.717, 1.165) is 17.6 Å². The molecule has 0 bridgehead atoms. The molecule has 1 rings (SSSR count). The van der Waals surface area contributed by atoms with Crippen LogP contribution >= 0.6 is 11.8 Å². The first-order valence-corrected chi connectivity index (χ1v) is 6.04. The molecule has 1 aromatic rings. The summed E-state index contributed by atoms with van der Waals surface area (Å²) >= 11 is 1.73. The number of nitrogens with one attached hydrogen (secondary N) is 1. The van der Waals surface area contributed by atoms with E-state index in [1.54, 1.807) is 18.8 Å². The van der Waals surface area contributed by atoms with Gasteiger partial charge < -0.3 is 5.32 Å². The second kappa shape index (κ2) is 6.08. The van der Waals surface area contributed by atoms with Crippen molar-refractivity contribution in [3.8, 4) is 0 Å². The van der Waals surface area contributed by atoms with Crippen LogP contribution in [0.3, 0.4) is 0 Å². The smallest absolute Gasteiger partial charge is 0.130 e. The molecule has 0 amide bonds. The van der Waals surface area contributed by atoms with Crippen LogP contribution in [0.15, 0.2) is 18.2 Å². The highest BCUT2D eigenvalue weighted by molar-refractivity contribution is 7.99. The molecule has 0 aliphatic heterocycles. The number of hydrogen-bond donors (Lipinski definition) is 1. The minimum Gasteiger partial charge on any atom is -0.312 e. The van der Waals surface area contributed by atoms with Gasteiger partial charge in [-0.25, -0.2) is 8.78 Å². The van der Waals surface area contributed by atoms with Gasteiger partial charge in [-0.15, -0.1) is 0 Å². The molecule has 0 saturated heterocycles. The van der Waals surface area contributed by atoms with Crippen molar-refractivity contribution < 1.29 is 8.78 Å². The zero-order valence-electron chi connectivity index (χ0n) is 8.89. The van der Waals surface area contributed by atoms with Gasteiger partial charge in [0.1, 0.15) is 11.6 Å². The zero-order chi connectivity index (χ0) is 11.3. The molecule has 1 N–H and O–H groups in total. The van der Waals surface area contributed by atoms with Crippen LogP contribution in [0.2, 0.25) is 0 Å². The third kappa shape index (κ3) is 3.47. The average molecular weight is 231 g/mol. The largest absolute Gasteiger partial charge is 0.312 e. The molecule has 0 radical (unpaired) electrons. The number of hydrogen-bond acceptors (Lipinski definition) is 2. The van der Waals surface area contributed by atoms with Crippen LogP contribution in [0.1, 0.15) is 18.5 Å². The topological polar surface area (TPSA) is 12.0 Å². The van der Waals surface area contributed by atoms with Crippen molar-refractivity contribution in [1.29, 1.82) is 0 Å². The minimum atomic E-state index is -0.533. The van der Waals surface area contributed by atoms with Crippen molar-refractivity contribution >= 4 is 11.8 Å². The molecule has 4 heteroatoms. The Morgan fingerprint density at radius 3 is 2.67 bits per heavy atom. The first kappa shape index (κ1) is 12.5. The molecule has 1 nitrogen and oxygen atoms in total. The van der Waals surface area contributed by atoms with E-state index in [0.29, 0.717) is 5.56 Å². The monoisotopic (exact) mass is 231 g/mol. The first-order valence-electron chi connectivity index (χ1n) is 4.89. The molecule has 1 aromatic carbocycles. The van der Waals surface area contributed by atoms with E-state index >= 15 is 0 Å². The highest BCUT2D eigenvalue weighted by Crippen LogP contribution is 2.21. The lowest BCUT2D eigenvalue weighted by molar-refractivity contribution is 0.545. The second-order valence-corrected chi connectivity index (χ2v) is 4.49. The number of thioether (sulfide) groups is 1. The van der Waals surface area contributed by atoms with Crippen molar-refractivity contribution in [1.82, 2.24) is 5.32 Å². The van der Waals surface area contributed by atoms with Crippen LogP contribution in [0.5, 0.6) is 0 Å². The molecule has 84 valence electrons. The fourth-order valence-electron chi connectivity index (χ4n) is 1.35. The van der Waals surface area contributed by atoms with Crippen LogP contribution in [-0.2, 0) is 0 Å². The Balaban J connectivity index is 2.81. The van der Waals surface area contributed by atoms with Crippen LogP contribution < -0.4 is 5.32 Å². The number of benzene rings is 1. The highest BCUT2D eigenvalue weighted by atomic mass is 32.2. The fourth-order valence-corrected chi connectivity index (χ4v) is 2.17. The first-order chi connectivity index (χ1) is 7.19. The summed E-state index contributed by atoms with van der Waals surface area (Å²) in [6, 6.07) is 3.66. The van der Waals surface area contributed by atoms with Crippen LogP contribution in [0.4, 0.5) is 8.78 Å². The summed E-state index contributed by atoms with van der Waals surface area (Å²) in [5.41, 5.74) is 0.528. The standard InChI is InChI=1S/C11H15F2NS/c1-3-15-7-11(14-2)9-5-4-8(12)6-10(9)13/h4-6,11,14H,3,7H2,1-2H3. The van der Waals surface area contributed by atoms with Crippen LogP contribution in [0, 0.1) is 11.6 Å². The Morgan fingerprint density at radius 1 is 1.40 bits per heavy atom. The summed E-state index contributed by atoms with van der Waals surface area (Å²) < 4.78 is 26.1. The molecule has 1 atom stereocenters. The van der Waals surface area contributed by atoms with E-state index in [1.165, 1.54) is 12.1 Å². The van der Waals surface area contributed by atoms with Crippen molar-refractivity contribution in [2.45, 2.75) is 13.0 Å².